The minimum absolute atomic E-state index is 0.0835. The fourth-order valence-electron chi connectivity index (χ4n) is 1.94. The van der Waals surface area contributed by atoms with E-state index in [4.69, 9.17) is 9.84 Å². The number of halogens is 2. The van der Waals surface area contributed by atoms with E-state index in [1.54, 1.807) is 36.4 Å². The molecule has 4 heteroatoms. The maximum absolute atomic E-state index is 13.1. The number of ether oxygens (including phenoxy) is 1. The van der Waals surface area contributed by atoms with Crippen LogP contribution in [0.25, 0.3) is 11.1 Å². The second-order valence-corrected chi connectivity index (χ2v) is 4.11. The molecule has 0 saturated heterocycles. The van der Waals surface area contributed by atoms with Crippen LogP contribution in [-0.4, -0.2) is 12.2 Å². The molecule has 0 aliphatic rings. The first-order valence-corrected chi connectivity index (χ1v) is 5.82. The molecule has 0 amide bonds. The molecule has 1 N–H and O–H groups in total. The predicted molar refractivity (Wildman–Crippen MR) is 69.3 cm³/mol. The van der Waals surface area contributed by atoms with Crippen molar-refractivity contribution >= 4 is 0 Å². The highest BCUT2D eigenvalue weighted by atomic mass is 19.3. The maximum Gasteiger partial charge on any atom is 0.264 e. The van der Waals surface area contributed by atoms with Crippen LogP contribution in [0.4, 0.5) is 8.78 Å². The molecule has 0 saturated carbocycles. The summed E-state index contributed by atoms with van der Waals surface area (Å²) in [5, 5.41) is 9.02. The molecule has 0 spiro atoms. The van der Waals surface area contributed by atoms with Gasteiger partial charge in [0.15, 0.2) is 0 Å². The summed E-state index contributed by atoms with van der Waals surface area (Å²) < 4.78 is 31.3. The highest BCUT2D eigenvalue weighted by molar-refractivity contribution is 5.69. The number of hydrogen-bond acceptors (Lipinski definition) is 2. The summed E-state index contributed by atoms with van der Waals surface area (Å²) in [5.74, 6) is 0.615. The van der Waals surface area contributed by atoms with Crippen molar-refractivity contribution in [3.05, 3.63) is 53.6 Å². The van der Waals surface area contributed by atoms with Crippen molar-refractivity contribution in [1.82, 2.24) is 0 Å². The van der Waals surface area contributed by atoms with Crippen LogP contribution in [0.3, 0.4) is 0 Å². The quantitative estimate of drug-likeness (QED) is 0.910. The third kappa shape index (κ3) is 2.90. The zero-order chi connectivity index (χ0) is 13.8. The summed E-state index contributed by atoms with van der Waals surface area (Å²) in [7, 11) is 1.53. The molecule has 2 aromatic carbocycles. The summed E-state index contributed by atoms with van der Waals surface area (Å²) in [6.07, 6.45) is -2.59. The Labute approximate surface area is 110 Å². The van der Waals surface area contributed by atoms with Gasteiger partial charge in [-0.2, -0.15) is 0 Å². The lowest BCUT2D eigenvalue weighted by molar-refractivity contribution is 0.151. The first kappa shape index (κ1) is 13.5. The van der Waals surface area contributed by atoms with Crippen LogP contribution in [-0.2, 0) is 6.61 Å². The van der Waals surface area contributed by atoms with E-state index < -0.39 is 6.43 Å². The van der Waals surface area contributed by atoms with Gasteiger partial charge in [0, 0.05) is 5.56 Å². The van der Waals surface area contributed by atoms with E-state index >= 15 is 0 Å². The van der Waals surface area contributed by atoms with Gasteiger partial charge in [-0.15, -0.1) is 0 Å². The Morgan fingerprint density at radius 1 is 1.16 bits per heavy atom. The topological polar surface area (TPSA) is 29.5 Å². The van der Waals surface area contributed by atoms with E-state index in [-0.39, 0.29) is 12.2 Å². The average molecular weight is 264 g/mol. The maximum atomic E-state index is 13.1. The van der Waals surface area contributed by atoms with Crippen molar-refractivity contribution in [1.29, 1.82) is 0 Å². The van der Waals surface area contributed by atoms with Gasteiger partial charge in [0.25, 0.3) is 6.43 Å². The van der Waals surface area contributed by atoms with Crippen LogP contribution in [0.15, 0.2) is 42.5 Å². The Balaban J connectivity index is 2.54. The molecule has 2 nitrogen and oxygen atoms in total. The smallest absolute Gasteiger partial charge is 0.264 e. The van der Waals surface area contributed by atoms with Gasteiger partial charge in [0.1, 0.15) is 5.75 Å². The number of alkyl halides is 2. The van der Waals surface area contributed by atoms with Crippen LogP contribution in [0.5, 0.6) is 5.75 Å². The van der Waals surface area contributed by atoms with Gasteiger partial charge < -0.3 is 9.84 Å². The molecule has 0 aromatic heterocycles. The second kappa shape index (κ2) is 5.80. The zero-order valence-corrected chi connectivity index (χ0v) is 10.4. The summed E-state index contributed by atoms with van der Waals surface area (Å²) in [6.45, 7) is -0.252. The lowest BCUT2D eigenvalue weighted by Crippen LogP contribution is -1.94. The lowest BCUT2D eigenvalue weighted by Gasteiger charge is -2.11. The molecule has 0 radical (unpaired) electrons. The van der Waals surface area contributed by atoms with Crippen LogP contribution in [0, 0.1) is 0 Å². The van der Waals surface area contributed by atoms with E-state index in [1.165, 1.54) is 13.2 Å². The predicted octanol–water partition coefficient (Wildman–Crippen LogP) is 3.79. The summed E-state index contributed by atoms with van der Waals surface area (Å²) >= 11 is 0. The van der Waals surface area contributed by atoms with Gasteiger partial charge in [-0.3, -0.25) is 0 Å². The molecular formula is C15H14F2O2. The monoisotopic (exact) mass is 264 g/mol. The SMILES string of the molecule is COc1cccc(-c2ccc(CO)cc2C(F)F)c1. The third-order valence-corrected chi connectivity index (χ3v) is 2.91. The van der Waals surface area contributed by atoms with Crippen molar-refractivity contribution in [2.75, 3.05) is 7.11 Å². The molecule has 2 aromatic rings. The first-order valence-electron chi connectivity index (χ1n) is 5.82. The molecule has 0 heterocycles. The van der Waals surface area contributed by atoms with Crippen molar-refractivity contribution < 1.29 is 18.6 Å². The highest BCUT2D eigenvalue weighted by Crippen LogP contribution is 2.33. The number of aliphatic hydroxyl groups is 1. The van der Waals surface area contributed by atoms with Crippen LogP contribution in [0.2, 0.25) is 0 Å². The van der Waals surface area contributed by atoms with Gasteiger partial charge in [0.05, 0.1) is 13.7 Å². The molecule has 0 aliphatic carbocycles. The minimum atomic E-state index is -2.59. The number of benzene rings is 2. The zero-order valence-electron chi connectivity index (χ0n) is 10.4. The highest BCUT2D eigenvalue weighted by Gasteiger charge is 2.15. The fourth-order valence-corrected chi connectivity index (χ4v) is 1.94. The number of methoxy groups -OCH3 is 1. The number of rotatable bonds is 4. The molecule has 0 fully saturated rings. The average Bonchev–Trinajstić information content (AvgIpc) is 2.46. The van der Waals surface area contributed by atoms with E-state index in [0.29, 0.717) is 22.4 Å². The molecule has 100 valence electrons. The van der Waals surface area contributed by atoms with Crippen molar-refractivity contribution in [3.63, 3.8) is 0 Å². The molecular weight excluding hydrogens is 250 g/mol. The first-order chi connectivity index (χ1) is 9.15. The van der Waals surface area contributed by atoms with E-state index in [2.05, 4.69) is 0 Å². The molecule has 0 unspecified atom stereocenters. The Kier molecular flexibility index (Phi) is 4.12. The molecule has 0 aliphatic heterocycles. The van der Waals surface area contributed by atoms with Gasteiger partial charge in [-0.25, -0.2) is 8.78 Å². The van der Waals surface area contributed by atoms with Crippen LogP contribution >= 0.6 is 0 Å². The standard InChI is InChI=1S/C15H14F2O2/c1-19-12-4-2-3-11(8-12)13-6-5-10(9-18)7-14(13)15(16)17/h2-8,15,18H,9H2,1H3. The third-order valence-electron chi connectivity index (χ3n) is 2.91. The molecule has 2 rings (SSSR count). The lowest BCUT2D eigenvalue weighted by atomic mass is 9.97. The molecule has 0 bridgehead atoms. The van der Waals surface area contributed by atoms with E-state index in [9.17, 15) is 8.78 Å². The summed E-state index contributed by atoms with van der Waals surface area (Å²) in [5.41, 5.74) is 1.51. The Morgan fingerprint density at radius 2 is 1.95 bits per heavy atom. The van der Waals surface area contributed by atoms with Crippen LogP contribution in [0.1, 0.15) is 17.6 Å². The fraction of sp³-hybridized carbons (Fsp3) is 0.200. The van der Waals surface area contributed by atoms with Gasteiger partial charge in [-0.1, -0.05) is 24.3 Å². The number of hydrogen-bond donors (Lipinski definition) is 1. The normalized spacial score (nSPS) is 10.8. The summed E-state index contributed by atoms with van der Waals surface area (Å²) in [4.78, 5) is 0. The van der Waals surface area contributed by atoms with E-state index in [1.807, 2.05) is 0 Å². The Morgan fingerprint density at radius 3 is 2.58 bits per heavy atom. The molecule has 19 heavy (non-hydrogen) atoms. The van der Waals surface area contributed by atoms with E-state index in [0.717, 1.165) is 0 Å². The Hall–Kier alpha value is -1.94. The second-order valence-electron chi connectivity index (χ2n) is 4.11. The van der Waals surface area contributed by atoms with Crippen molar-refractivity contribution in [2.24, 2.45) is 0 Å². The van der Waals surface area contributed by atoms with Crippen molar-refractivity contribution in [2.45, 2.75) is 13.0 Å². The summed E-state index contributed by atoms with van der Waals surface area (Å²) in [6, 6.07) is 11.5. The van der Waals surface area contributed by atoms with Gasteiger partial charge in [-0.05, 0) is 34.9 Å². The molecule has 0 atom stereocenters. The largest absolute Gasteiger partial charge is 0.497 e. The van der Waals surface area contributed by atoms with Gasteiger partial charge in [0.2, 0.25) is 0 Å². The van der Waals surface area contributed by atoms with Crippen LogP contribution < -0.4 is 4.74 Å². The van der Waals surface area contributed by atoms with Gasteiger partial charge >= 0.3 is 0 Å². The minimum Gasteiger partial charge on any atom is -0.497 e. The van der Waals surface area contributed by atoms with Crippen molar-refractivity contribution in [3.8, 4) is 16.9 Å². The Bertz CT molecular complexity index is 568. The number of aliphatic hydroxyl groups excluding tert-OH is 1.